The molecule has 0 aliphatic carbocycles. The summed E-state index contributed by atoms with van der Waals surface area (Å²) in [6.07, 6.45) is -1.21. The van der Waals surface area contributed by atoms with Gasteiger partial charge in [-0.25, -0.2) is 4.79 Å². The van der Waals surface area contributed by atoms with Crippen LogP contribution in [0.3, 0.4) is 0 Å². The van der Waals surface area contributed by atoms with Crippen LogP contribution in [0.25, 0.3) is 0 Å². The van der Waals surface area contributed by atoms with E-state index >= 15 is 0 Å². The number of hydrogen-bond acceptors (Lipinski definition) is 6. The number of ether oxygens (including phenoxy) is 3. The Morgan fingerprint density at radius 1 is 1.33 bits per heavy atom. The second kappa shape index (κ2) is 11.2. The van der Waals surface area contributed by atoms with Crippen LogP contribution in [0.4, 0.5) is 4.79 Å². The lowest BCUT2D eigenvalue weighted by atomic mass is 10.4. The number of hydrogen-bond donors (Lipinski definition) is 3. The highest BCUT2D eigenvalue weighted by Crippen LogP contribution is 1.89. The van der Waals surface area contributed by atoms with E-state index in [0.717, 1.165) is 0 Å². The van der Waals surface area contributed by atoms with Gasteiger partial charge in [-0.15, -0.1) is 0 Å². The molecule has 108 valence electrons. The van der Waals surface area contributed by atoms with Gasteiger partial charge in [0.2, 0.25) is 0 Å². The van der Waals surface area contributed by atoms with Crippen LogP contribution in [-0.2, 0) is 14.2 Å². The molecule has 0 heterocycles. The van der Waals surface area contributed by atoms with Crippen molar-refractivity contribution in [3.8, 4) is 0 Å². The zero-order valence-electron chi connectivity index (χ0n) is 11.1. The number of carbonyl (C=O) groups is 1. The summed E-state index contributed by atoms with van der Waals surface area (Å²) in [5.41, 5.74) is 4.78. The summed E-state index contributed by atoms with van der Waals surface area (Å²) < 4.78 is 15.0. The molecular weight excluding hydrogens is 240 g/mol. The standard InChI is InChI=1S/C11H24N2O5/c1-9(2)17-6-5-16-8-10(14)7-13-3-4-18-11(12)15/h9-10,13-14H,3-8H2,1-2H3,(H2,12,15). The molecule has 0 saturated carbocycles. The second-order valence-corrected chi connectivity index (χ2v) is 4.02. The molecule has 0 fully saturated rings. The second-order valence-electron chi connectivity index (χ2n) is 4.02. The largest absolute Gasteiger partial charge is 0.448 e. The third-order valence-electron chi connectivity index (χ3n) is 1.89. The Hall–Kier alpha value is -0.890. The lowest BCUT2D eigenvalue weighted by molar-refractivity contribution is -0.0101. The first-order chi connectivity index (χ1) is 8.52. The van der Waals surface area contributed by atoms with Crippen LogP contribution >= 0.6 is 0 Å². The zero-order valence-corrected chi connectivity index (χ0v) is 11.1. The molecule has 0 saturated heterocycles. The van der Waals surface area contributed by atoms with Crippen LogP contribution in [0, 0.1) is 0 Å². The number of amides is 1. The molecule has 0 rings (SSSR count). The molecule has 1 unspecified atom stereocenters. The lowest BCUT2D eigenvalue weighted by Gasteiger charge is -2.13. The Morgan fingerprint density at radius 3 is 2.67 bits per heavy atom. The first-order valence-electron chi connectivity index (χ1n) is 6.02. The maximum Gasteiger partial charge on any atom is 0.404 e. The van der Waals surface area contributed by atoms with Gasteiger partial charge in [0.15, 0.2) is 0 Å². The molecule has 1 atom stereocenters. The first-order valence-corrected chi connectivity index (χ1v) is 6.02. The molecule has 0 aromatic rings. The van der Waals surface area contributed by atoms with Crippen molar-refractivity contribution in [1.29, 1.82) is 0 Å². The number of nitrogens with two attached hydrogens (primary N) is 1. The van der Waals surface area contributed by atoms with Crippen LogP contribution in [0.1, 0.15) is 13.8 Å². The molecule has 18 heavy (non-hydrogen) atoms. The molecular formula is C11H24N2O5. The maximum absolute atomic E-state index is 10.2. The van der Waals surface area contributed by atoms with E-state index in [1.165, 1.54) is 0 Å². The third-order valence-corrected chi connectivity index (χ3v) is 1.89. The van der Waals surface area contributed by atoms with Crippen LogP contribution in [0.5, 0.6) is 0 Å². The van der Waals surface area contributed by atoms with Crippen LogP contribution < -0.4 is 11.1 Å². The van der Waals surface area contributed by atoms with E-state index in [-0.39, 0.29) is 19.3 Å². The Labute approximate surface area is 108 Å². The summed E-state index contributed by atoms with van der Waals surface area (Å²) >= 11 is 0. The van der Waals surface area contributed by atoms with E-state index in [1.807, 2.05) is 13.8 Å². The summed E-state index contributed by atoms with van der Waals surface area (Å²) in [6, 6.07) is 0. The molecule has 0 aliphatic heterocycles. The van der Waals surface area contributed by atoms with E-state index in [9.17, 15) is 9.90 Å². The topological polar surface area (TPSA) is 103 Å². The Balaban J connectivity index is 3.22. The maximum atomic E-state index is 10.2. The fourth-order valence-electron chi connectivity index (χ4n) is 1.11. The van der Waals surface area contributed by atoms with Crippen molar-refractivity contribution < 1.29 is 24.1 Å². The van der Waals surface area contributed by atoms with E-state index in [4.69, 9.17) is 15.2 Å². The van der Waals surface area contributed by atoms with Crippen molar-refractivity contribution in [3.63, 3.8) is 0 Å². The number of carbonyl (C=O) groups excluding carboxylic acids is 1. The van der Waals surface area contributed by atoms with E-state index in [0.29, 0.717) is 26.3 Å². The van der Waals surface area contributed by atoms with Crippen molar-refractivity contribution in [2.45, 2.75) is 26.1 Å². The van der Waals surface area contributed by atoms with Gasteiger partial charge in [0.1, 0.15) is 6.61 Å². The molecule has 4 N–H and O–H groups in total. The summed E-state index contributed by atoms with van der Waals surface area (Å²) in [4.78, 5) is 10.2. The van der Waals surface area contributed by atoms with Crippen molar-refractivity contribution in [3.05, 3.63) is 0 Å². The molecule has 0 bridgehead atoms. The van der Waals surface area contributed by atoms with E-state index in [1.54, 1.807) is 0 Å². The molecule has 0 spiro atoms. The number of rotatable bonds is 11. The summed E-state index contributed by atoms with van der Waals surface area (Å²) in [6.45, 7) is 6.12. The van der Waals surface area contributed by atoms with E-state index < -0.39 is 12.2 Å². The number of nitrogens with one attached hydrogen (secondary N) is 1. The zero-order chi connectivity index (χ0) is 13.8. The van der Waals surface area contributed by atoms with Gasteiger partial charge >= 0.3 is 6.09 Å². The highest BCUT2D eigenvalue weighted by molar-refractivity contribution is 5.64. The average Bonchev–Trinajstić information content (AvgIpc) is 2.27. The van der Waals surface area contributed by atoms with Crippen LogP contribution in [0.15, 0.2) is 0 Å². The van der Waals surface area contributed by atoms with Crippen LogP contribution in [0.2, 0.25) is 0 Å². The molecule has 0 aliphatic rings. The van der Waals surface area contributed by atoms with Gasteiger partial charge in [0, 0.05) is 13.1 Å². The SMILES string of the molecule is CC(C)OCCOCC(O)CNCCOC(N)=O. The molecule has 0 aromatic heterocycles. The van der Waals surface area contributed by atoms with Crippen molar-refractivity contribution >= 4 is 6.09 Å². The smallest absolute Gasteiger partial charge is 0.404 e. The predicted octanol–water partition coefficient (Wildman–Crippen LogP) is -0.526. The Kier molecular flexibility index (Phi) is 10.7. The number of aliphatic hydroxyl groups is 1. The van der Waals surface area contributed by atoms with Gasteiger partial charge in [0.05, 0.1) is 32.0 Å². The van der Waals surface area contributed by atoms with Gasteiger partial charge in [-0.3, -0.25) is 0 Å². The number of aliphatic hydroxyl groups excluding tert-OH is 1. The van der Waals surface area contributed by atoms with E-state index in [2.05, 4.69) is 10.1 Å². The quantitative estimate of drug-likeness (QED) is 0.434. The molecule has 7 heteroatoms. The molecule has 0 radical (unpaired) electrons. The third kappa shape index (κ3) is 13.2. The Morgan fingerprint density at radius 2 is 2.06 bits per heavy atom. The molecule has 7 nitrogen and oxygen atoms in total. The highest BCUT2D eigenvalue weighted by atomic mass is 16.5. The monoisotopic (exact) mass is 264 g/mol. The summed E-state index contributed by atoms with van der Waals surface area (Å²) in [5.74, 6) is 0. The minimum absolute atomic E-state index is 0.186. The van der Waals surface area contributed by atoms with Gasteiger partial charge in [0.25, 0.3) is 0 Å². The normalized spacial score (nSPS) is 12.7. The highest BCUT2D eigenvalue weighted by Gasteiger charge is 2.04. The predicted molar refractivity (Wildman–Crippen MR) is 66.3 cm³/mol. The van der Waals surface area contributed by atoms with Crippen molar-refractivity contribution in [2.24, 2.45) is 5.73 Å². The Bertz CT molecular complexity index is 214. The first kappa shape index (κ1) is 17.1. The molecule has 1 amide bonds. The van der Waals surface area contributed by atoms with Crippen molar-refractivity contribution in [1.82, 2.24) is 5.32 Å². The summed E-state index contributed by atoms with van der Waals surface area (Å²) in [7, 11) is 0. The number of primary amides is 1. The van der Waals surface area contributed by atoms with Gasteiger partial charge < -0.3 is 30.4 Å². The fourth-order valence-corrected chi connectivity index (χ4v) is 1.11. The van der Waals surface area contributed by atoms with Gasteiger partial charge in [-0.2, -0.15) is 0 Å². The van der Waals surface area contributed by atoms with Gasteiger partial charge in [-0.1, -0.05) is 0 Å². The van der Waals surface area contributed by atoms with Gasteiger partial charge in [-0.05, 0) is 13.8 Å². The average molecular weight is 264 g/mol. The summed E-state index contributed by atoms with van der Waals surface area (Å²) in [5, 5.41) is 12.4. The minimum atomic E-state index is -0.800. The van der Waals surface area contributed by atoms with Crippen LogP contribution in [-0.4, -0.2) is 62.9 Å². The van der Waals surface area contributed by atoms with Crippen molar-refractivity contribution in [2.75, 3.05) is 39.5 Å². The lowest BCUT2D eigenvalue weighted by Crippen LogP contribution is -2.33. The minimum Gasteiger partial charge on any atom is -0.448 e. The molecule has 0 aromatic carbocycles. The fraction of sp³-hybridized carbons (Fsp3) is 0.909.